The first kappa shape index (κ1) is 18.0. The molecule has 2 atom stereocenters. The molecular weight excluding hydrogens is 362 g/mol. The van der Waals surface area contributed by atoms with Crippen LogP contribution in [-0.2, 0) is 4.74 Å². The van der Waals surface area contributed by atoms with Crippen LogP contribution in [0.4, 0.5) is 0 Å². The Hall–Kier alpha value is -2.35. The first-order chi connectivity index (χ1) is 13.2. The van der Waals surface area contributed by atoms with Crippen molar-refractivity contribution >= 4 is 17.3 Å². The Morgan fingerprint density at radius 2 is 1.30 bits per heavy atom. The molecule has 0 unspecified atom stereocenters. The average molecular weight is 385 g/mol. The third-order valence-corrected chi connectivity index (χ3v) is 4.98. The lowest BCUT2D eigenvalue weighted by atomic mass is 10.1. The Balaban J connectivity index is 1.76. The van der Waals surface area contributed by atoms with Gasteiger partial charge in [0, 0.05) is 11.1 Å². The van der Waals surface area contributed by atoms with Crippen LogP contribution in [0.1, 0.15) is 23.5 Å². The van der Waals surface area contributed by atoms with Gasteiger partial charge in [-0.15, -0.1) is 0 Å². The van der Waals surface area contributed by atoms with Crippen LogP contribution in [0.5, 0.6) is 11.5 Å². The third-order valence-electron chi connectivity index (χ3n) is 4.75. The molecule has 4 rings (SSSR count). The highest BCUT2D eigenvalue weighted by Crippen LogP contribution is 2.36. The second-order valence-electron chi connectivity index (χ2n) is 6.47. The second-order valence-corrected chi connectivity index (χ2v) is 6.88. The first-order valence-corrected chi connectivity index (χ1v) is 9.45. The highest BCUT2D eigenvalue weighted by molar-refractivity contribution is 7.80. The summed E-state index contributed by atoms with van der Waals surface area (Å²) in [5.41, 5.74) is 2.06. The molecule has 0 radical (unpaired) electrons. The van der Waals surface area contributed by atoms with E-state index in [0.717, 1.165) is 22.6 Å². The zero-order valence-corrected chi connectivity index (χ0v) is 16.0. The molecule has 0 aromatic heterocycles. The summed E-state index contributed by atoms with van der Waals surface area (Å²) in [7, 11) is 2.06. The van der Waals surface area contributed by atoms with Crippen LogP contribution in [0, 0.1) is 0 Å². The molecule has 1 fully saturated rings. The van der Waals surface area contributed by atoms with Crippen LogP contribution in [-0.4, -0.2) is 43.5 Å². The van der Waals surface area contributed by atoms with Gasteiger partial charge in [-0.1, -0.05) is 36.4 Å². The first-order valence-electron chi connectivity index (χ1n) is 9.04. The maximum absolute atomic E-state index is 5.98. The molecule has 27 heavy (non-hydrogen) atoms. The average Bonchev–Trinajstić information content (AvgIpc) is 2.69. The fraction of sp³-hybridized carbons (Fsp3) is 0.350. The van der Waals surface area contributed by atoms with E-state index in [0.29, 0.717) is 31.5 Å². The molecule has 2 aliphatic heterocycles. The van der Waals surface area contributed by atoms with E-state index >= 15 is 0 Å². The normalized spacial score (nSPS) is 23.4. The standard InChI is InChI=1S/C20H23N3O3S/c1-23-18-14-6-2-4-8-16(14)25-12-10-24-11-13-26-17-9-5-3-7-15(17)19(23)22-20(27)21-18/h2-9,18-19H,10-13H2,1H3,(H2,21,22,27)/t18-,19+. The van der Waals surface area contributed by atoms with Crippen LogP contribution in [0.2, 0.25) is 0 Å². The quantitative estimate of drug-likeness (QED) is 0.676. The summed E-state index contributed by atoms with van der Waals surface area (Å²) in [5, 5.41) is 7.32. The molecule has 1 saturated heterocycles. The summed E-state index contributed by atoms with van der Waals surface area (Å²) in [4.78, 5) is 2.20. The van der Waals surface area contributed by atoms with E-state index in [1.807, 2.05) is 36.4 Å². The number of ether oxygens (including phenoxy) is 3. The van der Waals surface area contributed by atoms with E-state index in [1.165, 1.54) is 0 Å². The minimum absolute atomic E-state index is 0.128. The number of rotatable bonds is 0. The van der Waals surface area contributed by atoms with Gasteiger partial charge in [-0.2, -0.15) is 0 Å². The van der Waals surface area contributed by atoms with Crippen LogP contribution in [0.3, 0.4) is 0 Å². The van der Waals surface area contributed by atoms with Gasteiger partial charge in [-0.3, -0.25) is 4.90 Å². The molecule has 142 valence electrons. The molecule has 2 aromatic carbocycles. The van der Waals surface area contributed by atoms with E-state index in [1.54, 1.807) is 0 Å². The number of hydrogen-bond donors (Lipinski definition) is 2. The largest absolute Gasteiger partial charge is 0.491 e. The molecule has 0 spiro atoms. The minimum Gasteiger partial charge on any atom is -0.491 e. The molecular formula is C20H23N3O3S. The molecule has 2 N–H and O–H groups in total. The number of nitrogens with zero attached hydrogens (tertiary/aromatic N) is 1. The van der Waals surface area contributed by atoms with E-state index in [2.05, 4.69) is 34.7 Å². The molecule has 2 heterocycles. The Morgan fingerprint density at radius 1 is 0.815 bits per heavy atom. The summed E-state index contributed by atoms with van der Waals surface area (Å²) in [6.45, 7) is 1.98. The van der Waals surface area contributed by atoms with Gasteiger partial charge in [0.25, 0.3) is 0 Å². The van der Waals surface area contributed by atoms with Crippen molar-refractivity contribution in [1.29, 1.82) is 0 Å². The second kappa shape index (κ2) is 8.12. The van der Waals surface area contributed by atoms with E-state index in [4.69, 9.17) is 26.4 Å². The van der Waals surface area contributed by atoms with Gasteiger partial charge in [0.1, 0.15) is 37.0 Å². The smallest absolute Gasteiger partial charge is 0.169 e. The highest BCUT2D eigenvalue weighted by atomic mass is 32.1. The molecule has 0 aliphatic carbocycles. The lowest BCUT2D eigenvalue weighted by Crippen LogP contribution is -2.56. The summed E-state index contributed by atoms with van der Waals surface area (Å²) < 4.78 is 17.6. The van der Waals surface area contributed by atoms with Crippen molar-refractivity contribution < 1.29 is 14.2 Å². The number of thiocarbonyl (C=S) groups is 1. The molecule has 2 aromatic rings. The Labute approximate surface area is 164 Å². The molecule has 7 heteroatoms. The van der Waals surface area contributed by atoms with Crippen molar-refractivity contribution in [2.24, 2.45) is 0 Å². The topological polar surface area (TPSA) is 55.0 Å². The predicted octanol–water partition coefficient (Wildman–Crippen LogP) is 2.58. The third kappa shape index (κ3) is 3.85. The summed E-state index contributed by atoms with van der Waals surface area (Å²) in [5.74, 6) is 1.66. The molecule has 2 aliphatic rings. The van der Waals surface area contributed by atoms with Crippen LogP contribution < -0.4 is 20.1 Å². The Bertz CT molecular complexity index is 753. The summed E-state index contributed by atoms with van der Waals surface area (Å²) >= 11 is 5.51. The molecule has 0 saturated carbocycles. The van der Waals surface area contributed by atoms with Gasteiger partial charge < -0.3 is 24.8 Å². The summed E-state index contributed by atoms with van der Waals surface area (Å²) in [6.07, 6.45) is -0.256. The number of nitrogens with one attached hydrogen (secondary N) is 2. The van der Waals surface area contributed by atoms with Crippen molar-refractivity contribution in [3.8, 4) is 11.5 Å². The van der Waals surface area contributed by atoms with Gasteiger partial charge in [0.05, 0.1) is 13.2 Å². The van der Waals surface area contributed by atoms with Crippen molar-refractivity contribution in [2.75, 3.05) is 33.5 Å². The number of para-hydroxylation sites is 2. The maximum Gasteiger partial charge on any atom is 0.169 e. The van der Waals surface area contributed by atoms with Crippen molar-refractivity contribution in [3.05, 3.63) is 59.7 Å². The van der Waals surface area contributed by atoms with Gasteiger partial charge >= 0.3 is 0 Å². The lowest BCUT2D eigenvalue weighted by molar-refractivity contribution is 0.0701. The molecule has 2 bridgehead atoms. The summed E-state index contributed by atoms with van der Waals surface area (Å²) in [6, 6.07) is 16.0. The highest BCUT2D eigenvalue weighted by Gasteiger charge is 2.34. The molecule has 0 amide bonds. The monoisotopic (exact) mass is 385 g/mol. The Kier molecular flexibility index (Phi) is 5.42. The zero-order chi connectivity index (χ0) is 18.6. The molecule has 6 nitrogen and oxygen atoms in total. The lowest BCUT2D eigenvalue weighted by Gasteiger charge is -2.43. The van der Waals surface area contributed by atoms with E-state index < -0.39 is 0 Å². The number of benzene rings is 2. The van der Waals surface area contributed by atoms with Crippen molar-refractivity contribution in [3.63, 3.8) is 0 Å². The fourth-order valence-electron chi connectivity index (χ4n) is 3.44. The number of fused-ring (bicyclic) bond motifs is 6. The van der Waals surface area contributed by atoms with Crippen molar-refractivity contribution in [1.82, 2.24) is 15.5 Å². The predicted molar refractivity (Wildman–Crippen MR) is 107 cm³/mol. The van der Waals surface area contributed by atoms with Crippen molar-refractivity contribution in [2.45, 2.75) is 12.3 Å². The number of hydrogen-bond acceptors (Lipinski definition) is 5. The van der Waals surface area contributed by atoms with Crippen LogP contribution >= 0.6 is 12.2 Å². The van der Waals surface area contributed by atoms with Gasteiger partial charge in [-0.25, -0.2) is 0 Å². The van der Waals surface area contributed by atoms with Crippen LogP contribution in [0.25, 0.3) is 0 Å². The zero-order valence-electron chi connectivity index (χ0n) is 15.2. The Morgan fingerprint density at radius 3 is 1.81 bits per heavy atom. The maximum atomic E-state index is 5.98. The fourth-order valence-corrected chi connectivity index (χ4v) is 3.66. The minimum atomic E-state index is -0.128. The van der Waals surface area contributed by atoms with Gasteiger partial charge in [0.2, 0.25) is 0 Å². The van der Waals surface area contributed by atoms with E-state index in [-0.39, 0.29) is 12.3 Å². The van der Waals surface area contributed by atoms with Crippen LogP contribution in [0.15, 0.2) is 48.5 Å². The SMILES string of the molecule is CN1[C@@H]2NC(=S)N[C@H]1c1ccccc1OCCOCCOc1ccccc12. The van der Waals surface area contributed by atoms with Gasteiger partial charge in [0.15, 0.2) is 5.11 Å². The van der Waals surface area contributed by atoms with Gasteiger partial charge in [-0.05, 0) is 31.4 Å². The van der Waals surface area contributed by atoms with E-state index in [9.17, 15) is 0 Å².